The van der Waals surface area contributed by atoms with Crippen molar-refractivity contribution >= 4 is 40.5 Å². The number of benzene rings is 2. The van der Waals surface area contributed by atoms with Gasteiger partial charge in [0, 0.05) is 50.0 Å². The number of nitrogens with one attached hydrogen (secondary N) is 2. The maximum atomic E-state index is 12.5. The Bertz CT molecular complexity index is 846. The summed E-state index contributed by atoms with van der Waals surface area (Å²) in [6.45, 7) is 8.81. The molecule has 7 heteroatoms. The Morgan fingerprint density at radius 3 is 2.25 bits per heavy atom. The maximum Gasteiger partial charge on any atom is 0.255 e. The van der Waals surface area contributed by atoms with Crippen molar-refractivity contribution in [3.63, 3.8) is 0 Å². The monoisotopic (exact) mass is 400 g/mol. The van der Waals surface area contributed by atoms with Crippen LogP contribution in [0.1, 0.15) is 24.2 Å². The van der Waals surface area contributed by atoms with E-state index >= 15 is 0 Å². The molecule has 1 fully saturated rings. The maximum absolute atomic E-state index is 12.5. The van der Waals surface area contributed by atoms with Crippen LogP contribution >= 0.6 is 11.6 Å². The normalized spacial score (nSPS) is 14.6. The highest BCUT2D eigenvalue weighted by atomic mass is 35.5. The van der Waals surface area contributed by atoms with Crippen molar-refractivity contribution in [2.45, 2.75) is 13.8 Å². The first-order valence-electron chi connectivity index (χ1n) is 9.42. The third kappa shape index (κ3) is 5.03. The van der Waals surface area contributed by atoms with Crippen LogP contribution in [-0.2, 0) is 4.79 Å². The predicted octanol–water partition coefficient (Wildman–Crippen LogP) is 3.69. The zero-order valence-corrected chi connectivity index (χ0v) is 16.9. The Kier molecular flexibility index (Phi) is 6.54. The second-order valence-electron chi connectivity index (χ2n) is 6.80. The van der Waals surface area contributed by atoms with Crippen molar-refractivity contribution in [1.29, 1.82) is 0 Å². The molecular weight excluding hydrogens is 376 g/mol. The van der Waals surface area contributed by atoms with Gasteiger partial charge in [0.15, 0.2) is 0 Å². The van der Waals surface area contributed by atoms with Gasteiger partial charge in [-0.05, 0) is 49.0 Å². The van der Waals surface area contributed by atoms with Gasteiger partial charge in [-0.1, -0.05) is 18.5 Å². The number of halogens is 1. The van der Waals surface area contributed by atoms with Gasteiger partial charge in [0.25, 0.3) is 5.91 Å². The highest BCUT2D eigenvalue weighted by molar-refractivity contribution is 6.34. The van der Waals surface area contributed by atoms with Gasteiger partial charge in [-0.3, -0.25) is 9.59 Å². The molecule has 1 aliphatic rings. The molecule has 2 N–H and O–H groups in total. The molecule has 2 aromatic carbocycles. The molecule has 0 saturated carbocycles. The minimum absolute atomic E-state index is 0.177. The van der Waals surface area contributed by atoms with Crippen molar-refractivity contribution in [2.24, 2.45) is 0 Å². The first kappa shape index (κ1) is 20.2. The minimum atomic E-state index is -0.225. The predicted molar refractivity (Wildman–Crippen MR) is 114 cm³/mol. The number of nitrogens with zero attached hydrogens (tertiary/aromatic N) is 2. The summed E-state index contributed by atoms with van der Waals surface area (Å²) in [4.78, 5) is 28.4. The summed E-state index contributed by atoms with van der Waals surface area (Å²) in [5.41, 5.74) is 2.78. The van der Waals surface area contributed by atoms with Crippen LogP contribution in [0.5, 0.6) is 0 Å². The van der Waals surface area contributed by atoms with Crippen LogP contribution < -0.4 is 15.5 Å². The molecule has 0 atom stereocenters. The van der Waals surface area contributed by atoms with E-state index in [0.29, 0.717) is 22.0 Å². The molecule has 0 aliphatic carbocycles. The van der Waals surface area contributed by atoms with Gasteiger partial charge in [0.05, 0.1) is 10.7 Å². The van der Waals surface area contributed by atoms with Gasteiger partial charge in [-0.2, -0.15) is 0 Å². The zero-order chi connectivity index (χ0) is 20.1. The number of anilines is 3. The number of likely N-dealkylation sites (N-methyl/N-ethyl adjacent to an activating group) is 1. The highest BCUT2D eigenvalue weighted by Crippen LogP contribution is 2.26. The topological polar surface area (TPSA) is 64.7 Å². The van der Waals surface area contributed by atoms with Crippen molar-refractivity contribution < 1.29 is 9.59 Å². The van der Waals surface area contributed by atoms with E-state index < -0.39 is 0 Å². The average molecular weight is 401 g/mol. The summed E-state index contributed by atoms with van der Waals surface area (Å²) in [5, 5.41) is 5.84. The standard InChI is InChI=1S/C21H25ClN4O2/c1-3-25-10-12-26(13-11-25)18-7-4-16(5-8-18)21(28)24-20-9-6-17(14-19(20)22)23-15(2)27/h4-9,14H,3,10-13H2,1-2H3,(H,23,27)(H,24,28). The summed E-state index contributed by atoms with van der Waals surface area (Å²) < 4.78 is 0. The molecule has 3 rings (SSSR count). The fourth-order valence-corrected chi connectivity index (χ4v) is 3.47. The Morgan fingerprint density at radius 2 is 1.68 bits per heavy atom. The fraction of sp³-hybridized carbons (Fsp3) is 0.333. The lowest BCUT2D eigenvalue weighted by Crippen LogP contribution is -2.46. The van der Waals surface area contributed by atoms with Crippen molar-refractivity contribution in [2.75, 3.05) is 48.3 Å². The second-order valence-corrected chi connectivity index (χ2v) is 7.21. The highest BCUT2D eigenvalue weighted by Gasteiger charge is 2.16. The molecule has 1 heterocycles. The summed E-state index contributed by atoms with van der Waals surface area (Å²) >= 11 is 6.22. The molecule has 0 spiro atoms. The molecule has 1 aliphatic heterocycles. The van der Waals surface area contributed by atoms with Crippen molar-refractivity contribution in [3.05, 3.63) is 53.1 Å². The summed E-state index contributed by atoms with van der Waals surface area (Å²) in [6, 6.07) is 12.6. The molecule has 0 radical (unpaired) electrons. The number of carbonyl (C=O) groups excluding carboxylic acids is 2. The van der Waals surface area contributed by atoms with Gasteiger partial charge < -0.3 is 20.4 Å². The molecule has 148 valence electrons. The lowest BCUT2D eigenvalue weighted by molar-refractivity contribution is -0.114. The van der Waals surface area contributed by atoms with Crippen LogP contribution in [0.15, 0.2) is 42.5 Å². The Labute approximate surface area is 170 Å². The van der Waals surface area contributed by atoms with Crippen LogP contribution in [0, 0.1) is 0 Å². The van der Waals surface area contributed by atoms with Crippen LogP contribution in [-0.4, -0.2) is 49.4 Å². The molecule has 0 unspecified atom stereocenters. The molecule has 0 bridgehead atoms. The van der Waals surface area contributed by atoms with E-state index in [1.54, 1.807) is 18.2 Å². The molecule has 2 aromatic rings. The van der Waals surface area contributed by atoms with Crippen LogP contribution in [0.4, 0.5) is 17.1 Å². The number of carbonyl (C=O) groups is 2. The van der Waals surface area contributed by atoms with Crippen molar-refractivity contribution in [1.82, 2.24) is 4.90 Å². The Morgan fingerprint density at radius 1 is 1.00 bits per heavy atom. The molecule has 2 amide bonds. The van der Waals surface area contributed by atoms with Gasteiger partial charge in [0.2, 0.25) is 5.91 Å². The third-order valence-corrected chi connectivity index (χ3v) is 5.16. The smallest absolute Gasteiger partial charge is 0.255 e. The summed E-state index contributed by atoms with van der Waals surface area (Å²) in [7, 11) is 0. The quantitative estimate of drug-likeness (QED) is 0.803. The zero-order valence-electron chi connectivity index (χ0n) is 16.2. The van der Waals surface area contributed by atoms with E-state index in [0.717, 1.165) is 38.4 Å². The van der Waals surface area contributed by atoms with Gasteiger partial charge >= 0.3 is 0 Å². The molecule has 6 nitrogen and oxygen atoms in total. The van der Waals surface area contributed by atoms with Gasteiger partial charge in [-0.15, -0.1) is 0 Å². The summed E-state index contributed by atoms with van der Waals surface area (Å²) in [5.74, 6) is -0.402. The summed E-state index contributed by atoms with van der Waals surface area (Å²) in [6.07, 6.45) is 0. The van der Waals surface area contributed by atoms with E-state index in [9.17, 15) is 9.59 Å². The molecule has 0 aromatic heterocycles. The third-order valence-electron chi connectivity index (χ3n) is 4.85. The van der Waals surface area contributed by atoms with E-state index in [-0.39, 0.29) is 11.8 Å². The number of hydrogen-bond donors (Lipinski definition) is 2. The average Bonchev–Trinajstić information content (AvgIpc) is 2.70. The number of rotatable bonds is 5. The SMILES string of the molecule is CCN1CCN(c2ccc(C(=O)Nc3ccc(NC(C)=O)cc3Cl)cc2)CC1. The van der Waals surface area contributed by atoms with E-state index in [1.807, 2.05) is 24.3 Å². The lowest BCUT2D eigenvalue weighted by atomic mass is 10.1. The fourth-order valence-electron chi connectivity index (χ4n) is 3.24. The first-order valence-corrected chi connectivity index (χ1v) is 9.80. The van der Waals surface area contributed by atoms with E-state index in [2.05, 4.69) is 27.4 Å². The van der Waals surface area contributed by atoms with Crippen LogP contribution in [0.2, 0.25) is 5.02 Å². The Balaban J connectivity index is 1.63. The van der Waals surface area contributed by atoms with Crippen LogP contribution in [0.3, 0.4) is 0 Å². The number of amides is 2. The Hall–Kier alpha value is -2.57. The second kappa shape index (κ2) is 9.08. The largest absolute Gasteiger partial charge is 0.369 e. The molecule has 28 heavy (non-hydrogen) atoms. The van der Waals surface area contributed by atoms with Gasteiger partial charge in [-0.25, -0.2) is 0 Å². The molecular formula is C21H25ClN4O2. The number of piperazine rings is 1. The van der Waals surface area contributed by atoms with E-state index in [4.69, 9.17) is 11.6 Å². The van der Waals surface area contributed by atoms with Gasteiger partial charge in [0.1, 0.15) is 0 Å². The lowest BCUT2D eigenvalue weighted by Gasteiger charge is -2.35. The van der Waals surface area contributed by atoms with Crippen LogP contribution in [0.25, 0.3) is 0 Å². The van der Waals surface area contributed by atoms with Crippen molar-refractivity contribution in [3.8, 4) is 0 Å². The first-order chi connectivity index (χ1) is 13.5. The molecule has 1 saturated heterocycles. The number of hydrogen-bond acceptors (Lipinski definition) is 4. The minimum Gasteiger partial charge on any atom is -0.369 e. The van der Waals surface area contributed by atoms with E-state index in [1.165, 1.54) is 6.92 Å².